The summed E-state index contributed by atoms with van der Waals surface area (Å²) in [5, 5.41) is 14.0. The number of rotatable bonds is 9. The van der Waals surface area contributed by atoms with Crippen molar-refractivity contribution >= 4 is 29.1 Å². The lowest BCUT2D eigenvalue weighted by Gasteiger charge is -2.08. The third-order valence-electron chi connectivity index (χ3n) is 2.62. The number of nitrogens with zero attached hydrogens (tertiary/aromatic N) is 1. The summed E-state index contributed by atoms with van der Waals surface area (Å²) in [5.41, 5.74) is 1.53. The first-order chi connectivity index (χ1) is 10.1. The van der Waals surface area contributed by atoms with Gasteiger partial charge < -0.3 is 10.1 Å². The largest absolute Gasteiger partial charge is 0.465 e. The van der Waals surface area contributed by atoms with Crippen LogP contribution in [0.15, 0.2) is 18.2 Å². The number of hydrogen-bond donors (Lipinski definition) is 1. The van der Waals surface area contributed by atoms with E-state index in [4.69, 9.17) is 4.74 Å². The summed E-state index contributed by atoms with van der Waals surface area (Å²) in [4.78, 5) is 21.8. The normalized spacial score (nSPS) is 10.2. The number of carbonyl (C=O) groups excluding carboxylic acids is 1. The smallest absolute Gasteiger partial charge is 0.315 e. The van der Waals surface area contributed by atoms with E-state index in [2.05, 4.69) is 5.32 Å². The Morgan fingerprint density at radius 2 is 2.19 bits per heavy atom. The Morgan fingerprint density at radius 1 is 1.43 bits per heavy atom. The predicted octanol–water partition coefficient (Wildman–Crippen LogP) is 3.21. The molecule has 116 valence electrons. The van der Waals surface area contributed by atoms with Crippen molar-refractivity contribution in [1.29, 1.82) is 0 Å². The van der Waals surface area contributed by atoms with E-state index in [0.29, 0.717) is 24.6 Å². The van der Waals surface area contributed by atoms with Gasteiger partial charge in [0, 0.05) is 18.4 Å². The molecule has 0 unspecified atom stereocenters. The van der Waals surface area contributed by atoms with Crippen LogP contribution in [0.5, 0.6) is 0 Å². The fourth-order valence-electron chi connectivity index (χ4n) is 1.69. The Kier molecular flexibility index (Phi) is 7.60. The maximum absolute atomic E-state index is 11.2. The number of thioether (sulfide) groups is 1. The van der Waals surface area contributed by atoms with Gasteiger partial charge >= 0.3 is 5.97 Å². The van der Waals surface area contributed by atoms with E-state index in [1.807, 2.05) is 6.92 Å². The highest BCUT2D eigenvalue weighted by Crippen LogP contribution is 2.27. The topological polar surface area (TPSA) is 81.5 Å². The molecule has 0 saturated carbocycles. The summed E-state index contributed by atoms with van der Waals surface area (Å²) in [6.45, 7) is 4.82. The third-order valence-corrected chi connectivity index (χ3v) is 3.59. The molecule has 0 aliphatic rings. The lowest BCUT2D eigenvalue weighted by atomic mass is 10.2. The molecule has 0 atom stereocenters. The van der Waals surface area contributed by atoms with Crippen molar-refractivity contribution in [3.63, 3.8) is 0 Å². The van der Waals surface area contributed by atoms with Crippen LogP contribution in [0.1, 0.15) is 25.8 Å². The van der Waals surface area contributed by atoms with Crippen molar-refractivity contribution in [1.82, 2.24) is 0 Å². The number of esters is 1. The van der Waals surface area contributed by atoms with Gasteiger partial charge in [0.1, 0.15) is 5.69 Å². The van der Waals surface area contributed by atoms with Crippen molar-refractivity contribution in [3.8, 4) is 0 Å². The first-order valence-corrected chi connectivity index (χ1v) is 7.98. The van der Waals surface area contributed by atoms with Crippen LogP contribution in [0, 0.1) is 10.1 Å². The molecule has 0 aliphatic carbocycles. The number of nitrogens with one attached hydrogen (secondary N) is 1. The molecule has 0 amide bonds. The highest BCUT2D eigenvalue weighted by molar-refractivity contribution is 7.99. The Balaban J connectivity index is 2.66. The monoisotopic (exact) mass is 312 g/mol. The van der Waals surface area contributed by atoms with Gasteiger partial charge in [-0.15, -0.1) is 11.8 Å². The predicted molar refractivity (Wildman–Crippen MR) is 84.7 cm³/mol. The number of hydrogen-bond acceptors (Lipinski definition) is 6. The number of benzene rings is 1. The van der Waals surface area contributed by atoms with Crippen molar-refractivity contribution in [2.45, 2.75) is 26.0 Å². The van der Waals surface area contributed by atoms with E-state index in [1.165, 1.54) is 17.8 Å². The van der Waals surface area contributed by atoms with E-state index >= 15 is 0 Å². The van der Waals surface area contributed by atoms with E-state index < -0.39 is 4.92 Å². The van der Waals surface area contributed by atoms with Crippen molar-refractivity contribution in [3.05, 3.63) is 33.9 Å². The second-order valence-corrected chi connectivity index (χ2v) is 5.32. The fraction of sp³-hybridized carbons (Fsp3) is 0.500. The molecule has 0 aliphatic heterocycles. The van der Waals surface area contributed by atoms with Gasteiger partial charge in [-0.25, -0.2) is 0 Å². The number of anilines is 1. The van der Waals surface area contributed by atoms with Crippen molar-refractivity contribution in [2.24, 2.45) is 0 Å². The van der Waals surface area contributed by atoms with Crippen LogP contribution in [0.3, 0.4) is 0 Å². The number of ether oxygens (including phenoxy) is 1. The molecule has 0 radical (unpaired) electrons. The molecule has 0 saturated heterocycles. The van der Waals surface area contributed by atoms with Gasteiger partial charge in [0.25, 0.3) is 5.69 Å². The molecule has 7 heteroatoms. The highest BCUT2D eigenvalue weighted by Gasteiger charge is 2.13. The maximum Gasteiger partial charge on any atom is 0.315 e. The van der Waals surface area contributed by atoms with Gasteiger partial charge in [-0.1, -0.05) is 13.0 Å². The third kappa shape index (κ3) is 6.03. The molecule has 0 heterocycles. The van der Waals surface area contributed by atoms with Gasteiger partial charge in [0.2, 0.25) is 0 Å². The molecule has 1 rings (SSSR count). The molecule has 21 heavy (non-hydrogen) atoms. The Bertz CT molecular complexity index is 494. The zero-order chi connectivity index (χ0) is 15.7. The highest BCUT2D eigenvalue weighted by atomic mass is 32.2. The van der Waals surface area contributed by atoms with E-state index in [9.17, 15) is 14.9 Å². The molecule has 1 aromatic carbocycles. The number of nitro groups is 1. The Hall–Kier alpha value is -1.76. The molecular weight excluding hydrogens is 292 g/mol. The lowest BCUT2D eigenvalue weighted by Crippen LogP contribution is -2.07. The molecular formula is C14H20N2O4S. The number of nitro benzene ring substituents is 1. The minimum Gasteiger partial charge on any atom is -0.465 e. The van der Waals surface area contributed by atoms with Crippen LogP contribution in [0.4, 0.5) is 11.4 Å². The SMILES string of the molecule is CCCNc1cc(CSCC(=O)OCC)ccc1[N+](=O)[O-]. The quantitative estimate of drug-likeness (QED) is 0.428. The molecule has 1 aromatic rings. The average molecular weight is 312 g/mol. The minimum atomic E-state index is -0.395. The fourth-order valence-corrected chi connectivity index (χ4v) is 2.46. The van der Waals surface area contributed by atoms with Crippen molar-refractivity contribution in [2.75, 3.05) is 24.2 Å². The summed E-state index contributed by atoms with van der Waals surface area (Å²) in [6.07, 6.45) is 0.888. The summed E-state index contributed by atoms with van der Waals surface area (Å²) in [6, 6.07) is 4.98. The van der Waals surface area contributed by atoms with Crippen LogP contribution in [0.2, 0.25) is 0 Å². The summed E-state index contributed by atoms with van der Waals surface area (Å²) >= 11 is 1.43. The Labute approximate surface area is 128 Å². The van der Waals surface area contributed by atoms with Crippen LogP contribution in [0.25, 0.3) is 0 Å². The minimum absolute atomic E-state index is 0.0718. The molecule has 0 bridgehead atoms. The van der Waals surface area contributed by atoms with Crippen molar-refractivity contribution < 1.29 is 14.5 Å². The average Bonchev–Trinajstić information content (AvgIpc) is 2.45. The van der Waals surface area contributed by atoms with Gasteiger partial charge in [0.05, 0.1) is 17.3 Å². The van der Waals surface area contributed by atoms with Crippen LogP contribution < -0.4 is 5.32 Å². The second kappa shape index (κ2) is 9.23. The summed E-state index contributed by atoms with van der Waals surface area (Å²) in [5.74, 6) is 0.647. The van der Waals surface area contributed by atoms with E-state index in [1.54, 1.807) is 19.1 Å². The first-order valence-electron chi connectivity index (χ1n) is 6.83. The van der Waals surface area contributed by atoms with Gasteiger partial charge in [0.15, 0.2) is 0 Å². The molecule has 6 nitrogen and oxygen atoms in total. The van der Waals surface area contributed by atoms with Gasteiger partial charge in [-0.3, -0.25) is 14.9 Å². The second-order valence-electron chi connectivity index (χ2n) is 4.33. The van der Waals surface area contributed by atoms with Crippen LogP contribution in [-0.2, 0) is 15.3 Å². The standard InChI is InChI=1S/C14H20N2O4S/c1-3-7-15-12-8-11(5-6-13(12)16(18)19)9-21-10-14(17)20-4-2/h5-6,8,15H,3-4,7,9-10H2,1-2H3. The molecule has 0 fully saturated rings. The molecule has 1 N–H and O–H groups in total. The lowest BCUT2D eigenvalue weighted by molar-refractivity contribution is -0.384. The van der Waals surface area contributed by atoms with E-state index in [0.717, 1.165) is 12.0 Å². The Morgan fingerprint density at radius 3 is 2.81 bits per heavy atom. The van der Waals surface area contributed by atoms with E-state index in [-0.39, 0.29) is 17.4 Å². The van der Waals surface area contributed by atoms with Gasteiger partial charge in [-0.05, 0) is 25.0 Å². The summed E-state index contributed by atoms with van der Waals surface area (Å²) in [7, 11) is 0. The molecule has 0 aromatic heterocycles. The van der Waals surface area contributed by atoms with Crippen LogP contribution >= 0.6 is 11.8 Å². The van der Waals surface area contributed by atoms with Crippen LogP contribution in [-0.4, -0.2) is 29.8 Å². The maximum atomic E-state index is 11.2. The molecule has 0 spiro atoms. The number of carbonyl (C=O) groups is 1. The summed E-state index contributed by atoms with van der Waals surface area (Å²) < 4.78 is 4.85. The van der Waals surface area contributed by atoms with Gasteiger partial charge in [-0.2, -0.15) is 0 Å². The zero-order valence-corrected chi connectivity index (χ0v) is 13.1. The zero-order valence-electron chi connectivity index (χ0n) is 12.3. The first kappa shape index (κ1) is 17.3.